The summed E-state index contributed by atoms with van der Waals surface area (Å²) in [5, 5.41) is 2.77. The molecule has 0 aliphatic carbocycles. The molecule has 1 N–H and O–H groups in total. The average Bonchev–Trinajstić information content (AvgIpc) is 2.66. The Balaban J connectivity index is 2.11. The van der Waals surface area contributed by atoms with Crippen LogP contribution in [0.4, 0.5) is 5.69 Å². The summed E-state index contributed by atoms with van der Waals surface area (Å²) in [4.78, 5) is 12.1. The van der Waals surface area contributed by atoms with Crippen LogP contribution in [0.3, 0.4) is 0 Å². The Bertz CT molecular complexity index is 770. The summed E-state index contributed by atoms with van der Waals surface area (Å²) in [7, 11) is 6.24. The molecule has 0 aliphatic heterocycles. The lowest BCUT2D eigenvalue weighted by molar-refractivity contribution is -0.111. The standard InChI is InChI=1S/C19H21NO5/c1-22-14-7-8-15(17(12-14)24-3)20-19(21)10-6-13-5-9-16(23-2)18(11-13)25-4/h5-12H,1-4H3,(H,20,21)/b10-6+. The Morgan fingerprint density at radius 3 is 2.20 bits per heavy atom. The largest absolute Gasteiger partial charge is 0.497 e. The minimum Gasteiger partial charge on any atom is -0.497 e. The van der Waals surface area contributed by atoms with E-state index in [2.05, 4.69) is 5.32 Å². The number of methoxy groups -OCH3 is 4. The molecular formula is C19H21NO5. The van der Waals surface area contributed by atoms with E-state index in [9.17, 15) is 4.79 Å². The summed E-state index contributed by atoms with van der Waals surface area (Å²) in [6.45, 7) is 0. The highest BCUT2D eigenvalue weighted by Gasteiger charge is 2.07. The molecule has 0 saturated heterocycles. The van der Waals surface area contributed by atoms with Crippen LogP contribution in [0, 0.1) is 0 Å². The van der Waals surface area contributed by atoms with Gasteiger partial charge in [0.05, 0.1) is 34.1 Å². The molecular weight excluding hydrogens is 322 g/mol. The zero-order chi connectivity index (χ0) is 18.2. The second-order valence-electron chi connectivity index (χ2n) is 5.00. The summed E-state index contributed by atoms with van der Waals surface area (Å²) in [5.41, 5.74) is 1.37. The lowest BCUT2D eigenvalue weighted by atomic mass is 10.2. The van der Waals surface area contributed by atoms with E-state index < -0.39 is 0 Å². The number of carbonyl (C=O) groups is 1. The van der Waals surface area contributed by atoms with Crippen LogP contribution < -0.4 is 24.3 Å². The molecule has 0 fully saturated rings. The van der Waals surface area contributed by atoms with Gasteiger partial charge < -0.3 is 24.3 Å². The molecule has 0 bridgehead atoms. The summed E-state index contributed by atoms with van der Waals surface area (Å²) in [6, 6.07) is 10.6. The van der Waals surface area contributed by atoms with Gasteiger partial charge in [-0.25, -0.2) is 0 Å². The van der Waals surface area contributed by atoms with E-state index in [4.69, 9.17) is 18.9 Å². The first-order chi connectivity index (χ1) is 12.1. The number of carbonyl (C=O) groups excluding carboxylic acids is 1. The highest BCUT2D eigenvalue weighted by atomic mass is 16.5. The smallest absolute Gasteiger partial charge is 0.248 e. The number of anilines is 1. The number of ether oxygens (including phenoxy) is 4. The Morgan fingerprint density at radius 1 is 0.840 bits per heavy atom. The maximum absolute atomic E-state index is 12.1. The van der Waals surface area contributed by atoms with Crippen molar-refractivity contribution in [2.24, 2.45) is 0 Å². The number of amides is 1. The lowest BCUT2D eigenvalue weighted by Gasteiger charge is -2.10. The van der Waals surface area contributed by atoms with Crippen molar-refractivity contribution in [3.63, 3.8) is 0 Å². The van der Waals surface area contributed by atoms with Gasteiger partial charge in [-0.15, -0.1) is 0 Å². The Kier molecular flexibility index (Phi) is 6.28. The average molecular weight is 343 g/mol. The van der Waals surface area contributed by atoms with Crippen LogP contribution in [0.25, 0.3) is 6.08 Å². The summed E-state index contributed by atoms with van der Waals surface area (Å²) in [5.74, 6) is 2.12. The number of hydrogen-bond donors (Lipinski definition) is 1. The van der Waals surface area contributed by atoms with Crippen molar-refractivity contribution in [3.05, 3.63) is 48.0 Å². The third-order valence-corrected chi connectivity index (χ3v) is 3.50. The van der Waals surface area contributed by atoms with Gasteiger partial charge >= 0.3 is 0 Å². The molecule has 0 heterocycles. The summed E-state index contributed by atoms with van der Waals surface area (Å²) >= 11 is 0. The highest BCUT2D eigenvalue weighted by molar-refractivity contribution is 6.02. The molecule has 132 valence electrons. The van der Waals surface area contributed by atoms with Crippen LogP contribution in [0.5, 0.6) is 23.0 Å². The molecule has 1 amide bonds. The second kappa shape index (κ2) is 8.63. The van der Waals surface area contributed by atoms with E-state index in [1.54, 1.807) is 57.7 Å². The molecule has 0 unspecified atom stereocenters. The van der Waals surface area contributed by atoms with E-state index in [0.29, 0.717) is 28.7 Å². The molecule has 2 aromatic carbocycles. The van der Waals surface area contributed by atoms with Crippen molar-refractivity contribution >= 4 is 17.7 Å². The van der Waals surface area contributed by atoms with Crippen molar-refractivity contribution in [1.82, 2.24) is 0 Å². The molecule has 25 heavy (non-hydrogen) atoms. The first kappa shape index (κ1) is 18.2. The Hall–Kier alpha value is -3.15. The Morgan fingerprint density at radius 2 is 1.56 bits per heavy atom. The topological polar surface area (TPSA) is 66.0 Å². The monoisotopic (exact) mass is 343 g/mol. The normalized spacial score (nSPS) is 10.4. The van der Waals surface area contributed by atoms with Crippen molar-refractivity contribution in [2.45, 2.75) is 0 Å². The fourth-order valence-electron chi connectivity index (χ4n) is 2.20. The van der Waals surface area contributed by atoms with Crippen molar-refractivity contribution in [1.29, 1.82) is 0 Å². The van der Waals surface area contributed by atoms with Crippen LogP contribution in [0.2, 0.25) is 0 Å². The van der Waals surface area contributed by atoms with E-state index in [1.165, 1.54) is 13.2 Å². The van der Waals surface area contributed by atoms with Crippen molar-refractivity contribution < 1.29 is 23.7 Å². The predicted octanol–water partition coefficient (Wildman–Crippen LogP) is 3.37. The quantitative estimate of drug-likeness (QED) is 0.781. The number of benzene rings is 2. The fourth-order valence-corrected chi connectivity index (χ4v) is 2.20. The van der Waals surface area contributed by atoms with Gasteiger partial charge in [0.1, 0.15) is 11.5 Å². The molecule has 6 heteroatoms. The van der Waals surface area contributed by atoms with Crippen molar-refractivity contribution in [3.8, 4) is 23.0 Å². The molecule has 0 aliphatic rings. The van der Waals surface area contributed by atoms with Crippen LogP contribution >= 0.6 is 0 Å². The molecule has 2 aromatic rings. The zero-order valence-corrected chi connectivity index (χ0v) is 14.7. The highest BCUT2D eigenvalue weighted by Crippen LogP contribution is 2.29. The number of rotatable bonds is 7. The predicted molar refractivity (Wildman–Crippen MR) is 96.8 cm³/mol. The van der Waals surface area contributed by atoms with Gasteiger partial charge in [-0.1, -0.05) is 6.07 Å². The first-order valence-electron chi connectivity index (χ1n) is 7.54. The van der Waals surface area contributed by atoms with Crippen LogP contribution in [0.15, 0.2) is 42.5 Å². The zero-order valence-electron chi connectivity index (χ0n) is 14.7. The van der Waals surface area contributed by atoms with Crippen LogP contribution in [0.1, 0.15) is 5.56 Å². The van der Waals surface area contributed by atoms with E-state index in [-0.39, 0.29) is 5.91 Å². The van der Waals surface area contributed by atoms with Gasteiger partial charge in [-0.2, -0.15) is 0 Å². The van der Waals surface area contributed by atoms with E-state index in [0.717, 1.165) is 5.56 Å². The molecule has 0 aromatic heterocycles. The molecule has 0 saturated carbocycles. The maximum Gasteiger partial charge on any atom is 0.248 e. The van der Waals surface area contributed by atoms with Gasteiger partial charge in [-0.3, -0.25) is 4.79 Å². The minimum absolute atomic E-state index is 0.279. The molecule has 6 nitrogen and oxygen atoms in total. The van der Waals surface area contributed by atoms with E-state index in [1.807, 2.05) is 6.07 Å². The molecule has 0 atom stereocenters. The molecule has 0 radical (unpaired) electrons. The van der Waals surface area contributed by atoms with Gasteiger partial charge in [0.15, 0.2) is 11.5 Å². The Labute approximate surface area is 147 Å². The summed E-state index contributed by atoms with van der Waals surface area (Å²) in [6.07, 6.45) is 3.12. The lowest BCUT2D eigenvalue weighted by Crippen LogP contribution is -2.09. The number of hydrogen-bond acceptors (Lipinski definition) is 5. The third-order valence-electron chi connectivity index (χ3n) is 3.50. The van der Waals surface area contributed by atoms with Gasteiger partial charge in [-0.05, 0) is 35.9 Å². The first-order valence-corrected chi connectivity index (χ1v) is 7.54. The summed E-state index contributed by atoms with van der Waals surface area (Å²) < 4.78 is 20.8. The van der Waals surface area contributed by atoms with E-state index >= 15 is 0 Å². The fraction of sp³-hybridized carbons (Fsp3) is 0.211. The van der Waals surface area contributed by atoms with Gasteiger partial charge in [0.25, 0.3) is 0 Å². The second-order valence-corrected chi connectivity index (χ2v) is 5.00. The molecule has 0 spiro atoms. The molecule has 2 rings (SSSR count). The van der Waals surface area contributed by atoms with Crippen molar-refractivity contribution in [2.75, 3.05) is 33.8 Å². The minimum atomic E-state index is -0.279. The van der Waals surface area contributed by atoms with Crippen LogP contribution in [-0.4, -0.2) is 34.3 Å². The van der Waals surface area contributed by atoms with Gasteiger partial charge in [0, 0.05) is 12.1 Å². The maximum atomic E-state index is 12.1. The number of nitrogens with one attached hydrogen (secondary N) is 1. The SMILES string of the molecule is COc1ccc(NC(=O)/C=C/c2ccc(OC)c(OC)c2)c(OC)c1. The van der Waals surface area contributed by atoms with Crippen LogP contribution in [-0.2, 0) is 4.79 Å². The van der Waals surface area contributed by atoms with Gasteiger partial charge in [0.2, 0.25) is 5.91 Å². The third kappa shape index (κ3) is 4.67.